The van der Waals surface area contributed by atoms with Crippen LogP contribution in [0.1, 0.15) is 35.6 Å². The Hall–Kier alpha value is -3.16. The van der Waals surface area contributed by atoms with Crippen LogP contribution in [0.4, 0.5) is 4.39 Å². The van der Waals surface area contributed by atoms with E-state index in [-0.39, 0.29) is 37.3 Å². The van der Waals surface area contributed by atoms with Crippen molar-refractivity contribution in [3.8, 4) is 0 Å². The maximum absolute atomic E-state index is 13.4. The fourth-order valence-corrected chi connectivity index (χ4v) is 3.87. The fourth-order valence-electron chi connectivity index (χ4n) is 3.59. The molecular formula is C27H30ClFN2O4. The summed E-state index contributed by atoms with van der Waals surface area (Å²) in [5.41, 5.74) is 1.43. The van der Waals surface area contributed by atoms with E-state index in [0.29, 0.717) is 37.5 Å². The zero-order valence-corrected chi connectivity index (χ0v) is 20.5. The van der Waals surface area contributed by atoms with Gasteiger partial charge in [-0.1, -0.05) is 42.5 Å². The molecule has 0 aliphatic rings. The van der Waals surface area contributed by atoms with Gasteiger partial charge in [0.15, 0.2) is 0 Å². The van der Waals surface area contributed by atoms with Gasteiger partial charge in [-0.15, -0.1) is 11.6 Å². The molecule has 1 atom stereocenters. The molecule has 1 unspecified atom stereocenters. The number of ether oxygens (including phenoxy) is 1. The number of hydrogen-bond donors (Lipinski definition) is 0. The third kappa shape index (κ3) is 8.23. The molecule has 6 nitrogen and oxygen atoms in total. The van der Waals surface area contributed by atoms with Crippen LogP contribution in [0.3, 0.4) is 0 Å². The lowest BCUT2D eigenvalue weighted by molar-refractivity contribution is -0.141. The van der Waals surface area contributed by atoms with Crippen molar-refractivity contribution in [2.75, 3.05) is 26.3 Å². The highest BCUT2D eigenvalue weighted by molar-refractivity contribution is 6.30. The SMILES string of the molecule is CCOCCCN(CC(=O)N(Cc1ccc(F)cc1)Cc1ccco1)C(=O)C(Cl)c1ccccc1. The van der Waals surface area contributed by atoms with E-state index in [2.05, 4.69) is 0 Å². The van der Waals surface area contributed by atoms with Crippen molar-refractivity contribution in [2.24, 2.45) is 0 Å². The van der Waals surface area contributed by atoms with Gasteiger partial charge < -0.3 is 19.0 Å². The summed E-state index contributed by atoms with van der Waals surface area (Å²) in [5.74, 6) is -0.359. The predicted octanol–water partition coefficient (Wildman–Crippen LogP) is 5.18. The molecule has 2 amide bonds. The van der Waals surface area contributed by atoms with E-state index in [0.717, 1.165) is 5.56 Å². The number of halogens is 2. The number of carbonyl (C=O) groups excluding carboxylic acids is 2. The maximum atomic E-state index is 13.4. The second-order valence-corrected chi connectivity index (χ2v) is 8.48. The van der Waals surface area contributed by atoms with Crippen LogP contribution in [0.5, 0.6) is 0 Å². The Morgan fingerprint density at radius 3 is 2.40 bits per heavy atom. The fraction of sp³-hybridized carbons (Fsp3) is 0.333. The molecule has 8 heteroatoms. The largest absolute Gasteiger partial charge is 0.467 e. The van der Waals surface area contributed by atoms with Crippen LogP contribution < -0.4 is 0 Å². The molecule has 2 aromatic carbocycles. The molecule has 0 aliphatic carbocycles. The number of benzene rings is 2. The van der Waals surface area contributed by atoms with Crippen LogP contribution in [-0.4, -0.2) is 47.9 Å². The molecule has 1 heterocycles. The van der Waals surface area contributed by atoms with Crippen molar-refractivity contribution < 1.29 is 23.1 Å². The first-order valence-corrected chi connectivity index (χ1v) is 12.0. The van der Waals surface area contributed by atoms with E-state index in [4.69, 9.17) is 20.8 Å². The summed E-state index contributed by atoms with van der Waals surface area (Å²) in [6.45, 7) is 3.58. The highest BCUT2D eigenvalue weighted by atomic mass is 35.5. The van der Waals surface area contributed by atoms with Crippen molar-refractivity contribution in [1.29, 1.82) is 0 Å². The molecule has 0 fully saturated rings. The van der Waals surface area contributed by atoms with E-state index in [1.54, 1.807) is 41.3 Å². The summed E-state index contributed by atoms with van der Waals surface area (Å²) in [6, 6.07) is 18.5. The number of furan rings is 1. The van der Waals surface area contributed by atoms with Gasteiger partial charge in [0.1, 0.15) is 17.0 Å². The lowest BCUT2D eigenvalue weighted by atomic mass is 10.1. The summed E-state index contributed by atoms with van der Waals surface area (Å²) < 4.78 is 24.2. The normalized spacial score (nSPS) is 11.7. The van der Waals surface area contributed by atoms with E-state index in [9.17, 15) is 14.0 Å². The van der Waals surface area contributed by atoms with Crippen LogP contribution in [0.15, 0.2) is 77.4 Å². The van der Waals surface area contributed by atoms with Gasteiger partial charge in [-0.05, 0) is 48.7 Å². The minimum absolute atomic E-state index is 0.150. The van der Waals surface area contributed by atoms with E-state index in [1.807, 2.05) is 25.1 Å². The summed E-state index contributed by atoms with van der Waals surface area (Å²) in [5, 5.41) is -0.910. The lowest BCUT2D eigenvalue weighted by Gasteiger charge is -2.29. The van der Waals surface area contributed by atoms with Gasteiger partial charge in [0.05, 0.1) is 19.4 Å². The molecule has 0 radical (unpaired) electrons. The molecule has 0 saturated heterocycles. The van der Waals surface area contributed by atoms with Crippen molar-refractivity contribution in [1.82, 2.24) is 9.80 Å². The van der Waals surface area contributed by atoms with Gasteiger partial charge in [-0.3, -0.25) is 9.59 Å². The highest BCUT2D eigenvalue weighted by Gasteiger charge is 2.27. The quantitative estimate of drug-likeness (QED) is 0.239. The second kappa shape index (κ2) is 13.7. The van der Waals surface area contributed by atoms with Gasteiger partial charge in [0.2, 0.25) is 11.8 Å². The summed E-state index contributed by atoms with van der Waals surface area (Å²) >= 11 is 6.52. The molecule has 0 bridgehead atoms. The average Bonchev–Trinajstić information content (AvgIpc) is 3.39. The molecule has 0 N–H and O–H groups in total. The topological polar surface area (TPSA) is 63.0 Å². The van der Waals surface area contributed by atoms with E-state index < -0.39 is 5.38 Å². The van der Waals surface area contributed by atoms with Gasteiger partial charge in [-0.25, -0.2) is 4.39 Å². The summed E-state index contributed by atoms with van der Waals surface area (Å²) in [4.78, 5) is 29.8. The number of nitrogens with zero attached hydrogens (tertiary/aromatic N) is 2. The summed E-state index contributed by atoms with van der Waals surface area (Å²) in [7, 11) is 0. The van der Waals surface area contributed by atoms with Crippen LogP contribution >= 0.6 is 11.6 Å². The number of carbonyl (C=O) groups is 2. The Morgan fingerprint density at radius 2 is 1.74 bits per heavy atom. The summed E-state index contributed by atoms with van der Waals surface area (Å²) in [6.07, 6.45) is 2.11. The predicted molar refractivity (Wildman–Crippen MR) is 132 cm³/mol. The number of alkyl halides is 1. The first kappa shape index (κ1) is 26.4. The Labute approximate surface area is 210 Å². The molecule has 0 aliphatic heterocycles. The third-order valence-corrected chi connectivity index (χ3v) is 5.87. The number of rotatable bonds is 13. The molecule has 0 spiro atoms. The second-order valence-electron chi connectivity index (χ2n) is 8.04. The smallest absolute Gasteiger partial charge is 0.245 e. The monoisotopic (exact) mass is 500 g/mol. The molecule has 186 valence electrons. The van der Waals surface area contributed by atoms with Crippen LogP contribution in [0, 0.1) is 5.82 Å². The Kier molecular flexibility index (Phi) is 10.3. The minimum Gasteiger partial charge on any atom is -0.467 e. The zero-order chi connectivity index (χ0) is 25.0. The third-order valence-electron chi connectivity index (χ3n) is 5.43. The minimum atomic E-state index is -0.910. The molecule has 3 aromatic rings. The average molecular weight is 501 g/mol. The highest BCUT2D eigenvalue weighted by Crippen LogP contribution is 2.23. The Bertz CT molecular complexity index is 1040. The molecule has 0 saturated carbocycles. The van der Waals surface area contributed by atoms with Crippen molar-refractivity contribution >= 4 is 23.4 Å². The van der Waals surface area contributed by atoms with Crippen molar-refractivity contribution in [2.45, 2.75) is 31.8 Å². The Balaban J connectivity index is 1.77. The van der Waals surface area contributed by atoms with E-state index >= 15 is 0 Å². The van der Waals surface area contributed by atoms with Gasteiger partial charge >= 0.3 is 0 Å². The number of hydrogen-bond acceptors (Lipinski definition) is 4. The van der Waals surface area contributed by atoms with Gasteiger partial charge in [0, 0.05) is 26.3 Å². The van der Waals surface area contributed by atoms with Crippen LogP contribution in [0.25, 0.3) is 0 Å². The first-order chi connectivity index (χ1) is 17.0. The zero-order valence-electron chi connectivity index (χ0n) is 19.7. The first-order valence-electron chi connectivity index (χ1n) is 11.6. The van der Waals surface area contributed by atoms with Crippen LogP contribution in [0.2, 0.25) is 0 Å². The number of amides is 2. The lowest BCUT2D eigenvalue weighted by Crippen LogP contribution is -2.44. The standard InChI is InChI=1S/C27H30ClFN2O4/c1-2-34-16-7-15-30(27(33)26(28)22-8-4-3-5-9-22)20-25(32)31(19-24-10-6-17-35-24)18-21-11-13-23(29)14-12-21/h3-6,8-14,17,26H,2,7,15-16,18-20H2,1H3. The van der Waals surface area contributed by atoms with E-state index in [1.165, 1.54) is 23.3 Å². The molecular weight excluding hydrogens is 471 g/mol. The van der Waals surface area contributed by atoms with Crippen molar-refractivity contribution in [3.05, 3.63) is 95.7 Å². The van der Waals surface area contributed by atoms with Crippen LogP contribution in [-0.2, 0) is 27.4 Å². The molecule has 1 aromatic heterocycles. The van der Waals surface area contributed by atoms with Gasteiger partial charge in [-0.2, -0.15) is 0 Å². The molecule has 35 heavy (non-hydrogen) atoms. The maximum Gasteiger partial charge on any atom is 0.245 e. The van der Waals surface area contributed by atoms with Crippen molar-refractivity contribution in [3.63, 3.8) is 0 Å². The molecule has 3 rings (SSSR count). The Morgan fingerprint density at radius 1 is 1.00 bits per heavy atom. The van der Waals surface area contributed by atoms with Gasteiger partial charge in [0.25, 0.3) is 0 Å².